The second kappa shape index (κ2) is 10.6. The molecule has 0 N–H and O–H groups in total. The molecule has 0 aliphatic heterocycles. The Morgan fingerprint density at radius 2 is 1.70 bits per heavy atom. The summed E-state index contributed by atoms with van der Waals surface area (Å²) in [4.78, 5) is 0. The second-order valence-electron chi connectivity index (χ2n) is 8.22. The third-order valence-corrected chi connectivity index (χ3v) is 10.4. The van der Waals surface area contributed by atoms with Gasteiger partial charge in [0.2, 0.25) is 0 Å². The van der Waals surface area contributed by atoms with Crippen LogP contribution in [0, 0.1) is 0 Å². The molecule has 0 atom stereocenters. The van der Waals surface area contributed by atoms with E-state index in [0.29, 0.717) is 24.7 Å². The number of ether oxygens (including phenoxy) is 3. The number of methoxy groups -OCH3 is 2. The van der Waals surface area contributed by atoms with Crippen molar-refractivity contribution in [2.75, 3.05) is 27.4 Å². The van der Waals surface area contributed by atoms with Gasteiger partial charge in [0.15, 0.2) is 19.8 Å². The SMILES string of the molecule is COc1cc(Br)c(COC/C=C(/C)CCO[Si](C)(C)C(C)(C)C)cc1OC. The fraction of sp³-hybridized carbons (Fsp3) is 0.619. The van der Waals surface area contributed by atoms with Crippen LogP contribution in [0.15, 0.2) is 28.3 Å². The van der Waals surface area contributed by atoms with Crippen LogP contribution >= 0.6 is 15.9 Å². The van der Waals surface area contributed by atoms with E-state index in [2.05, 4.69) is 62.8 Å². The van der Waals surface area contributed by atoms with Gasteiger partial charge >= 0.3 is 0 Å². The van der Waals surface area contributed by atoms with Crippen LogP contribution in [-0.2, 0) is 15.8 Å². The summed E-state index contributed by atoms with van der Waals surface area (Å²) in [5.41, 5.74) is 2.32. The minimum atomic E-state index is -1.66. The maximum absolute atomic E-state index is 6.23. The monoisotopic (exact) mass is 458 g/mol. The number of hydrogen-bond acceptors (Lipinski definition) is 4. The molecule has 0 saturated carbocycles. The van der Waals surface area contributed by atoms with Crippen molar-refractivity contribution in [1.82, 2.24) is 0 Å². The Hall–Kier alpha value is -0.823. The third kappa shape index (κ3) is 7.60. The number of benzene rings is 1. The van der Waals surface area contributed by atoms with E-state index in [9.17, 15) is 0 Å². The van der Waals surface area contributed by atoms with E-state index in [4.69, 9.17) is 18.6 Å². The van der Waals surface area contributed by atoms with E-state index in [1.165, 1.54) is 5.57 Å². The van der Waals surface area contributed by atoms with Crippen LogP contribution in [0.2, 0.25) is 18.1 Å². The van der Waals surface area contributed by atoms with Crippen molar-refractivity contribution < 1.29 is 18.6 Å². The first kappa shape index (κ1) is 24.2. The van der Waals surface area contributed by atoms with E-state index >= 15 is 0 Å². The molecule has 1 aromatic carbocycles. The molecule has 0 radical (unpaired) electrons. The topological polar surface area (TPSA) is 36.9 Å². The largest absolute Gasteiger partial charge is 0.493 e. The van der Waals surface area contributed by atoms with Crippen molar-refractivity contribution in [2.45, 2.75) is 58.9 Å². The molecule has 1 rings (SSSR count). The molecular weight excluding hydrogens is 424 g/mol. The average molecular weight is 459 g/mol. The first-order chi connectivity index (χ1) is 12.5. The Balaban J connectivity index is 2.46. The number of rotatable bonds is 10. The van der Waals surface area contributed by atoms with Crippen LogP contribution in [0.1, 0.15) is 39.7 Å². The number of halogens is 1. The van der Waals surface area contributed by atoms with E-state index in [1.54, 1.807) is 14.2 Å². The molecule has 1 aromatic rings. The molecule has 0 saturated heterocycles. The fourth-order valence-corrected chi connectivity index (χ4v) is 3.64. The van der Waals surface area contributed by atoms with Gasteiger partial charge in [-0.2, -0.15) is 0 Å². The van der Waals surface area contributed by atoms with Gasteiger partial charge in [-0.15, -0.1) is 0 Å². The Morgan fingerprint density at radius 1 is 1.11 bits per heavy atom. The van der Waals surface area contributed by atoms with Gasteiger partial charge in [0.25, 0.3) is 0 Å². The minimum Gasteiger partial charge on any atom is -0.493 e. The van der Waals surface area contributed by atoms with Crippen molar-refractivity contribution >= 4 is 24.2 Å². The van der Waals surface area contributed by atoms with Crippen molar-refractivity contribution in [3.63, 3.8) is 0 Å². The van der Waals surface area contributed by atoms with E-state index in [0.717, 1.165) is 23.1 Å². The first-order valence-electron chi connectivity index (χ1n) is 9.29. The zero-order valence-electron chi connectivity index (χ0n) is 18.1. The van der Waals surface area contributed by atoms with Gasteiger partial charge < -0.3 is 18.6 Å². The van der Waals surface area contributed by atoms with Gasteiger partial charge in [0.1, 0.15) is 0 Å². The Bertz CT molecular complexity index is 636. The molecular formula is C21H35BrO4Si. The van der Waals surface area contributed by atoms with Crippen molar-refractivity contribution in [3.8, 4) is 11.5 Å². The molecule has 154 valence electrons. The summed E-state index contributed by atoms with van der Waals surface area (Å²) >= 11 is 3.56. The zero-order chi connectivity index (χ0) is 20.7. The molecule has 0 amide bonds. The lowest BCUT2D eigenvalue weighted by atomic mass is 10.2. The molecule has 0 unspecified atom stereocenters. The van der Waals surface area contributed by atoms with Crippen LogP contribution in [0.25, 0.3) is 0 Å². The summed E-state index contributed by atoms with van der Waals surface area (Å²) in [6, 6.07) is 3.84. The molecule has 0 spiro atoms. The summed E-state index contributed by atoms with van der Waals surface area (Å²) < 4.78 is 23.6. The van der Waals surface area contributed by atoms with Crippen molar-refractivity contribution in [2.24, 2.45) is 0 Å². The molecule has 0 aliphatic rings. The maximum atomic E-state index is 6.23. The predicted octanol–water partition coefficient (Wildman–Crippen LogP) is 6.34. The Morgan fingerprint density at radius 3 is 2.26 bits per heavy atom. The molecule has 27 heavy (non-hydrogen) atoms. The lowest BCUT2D eigenvalue weighted by molar-refractivity contribution is 0.147. The predicted molar refractivity (Wildman–Crippen MR) is 118 cm³/mol. The second-order valence-corrected chi connectivity index (χ2v) is 13.9. The molecule has 6 heteroatoms. The molecule has 0 heterocycles. The highest BCUT2D eigenvalue weighted by molar-refractivity contribution is 9.10. The third-order valence-electron chi connectivity index (χ3n) is 5.13. The lowest BCUT2D eigenvalue weighted by Gasteiger charge is -2.36. The van der Waals surface area contributed by atoms with Crippen LogP contribution in [0.5, 0.6) is 11.5 Å². The van der Waals surface area contributed by atoms with Gasteiger partial charge in [0.05, 0.1) is 27.4 Å². The fourth-order valence-electron chi connectivity index (χ4n) is 2.16. The van der Waals surface area contributed by atoms with E-state index in [1.807, 2.05) is 12.1 Å². The highest BCUT2D eigenvalue weighted by Crippen LogP contribution is 2.36. The van der Waals surface area contributed by atoms with Gasteiger partial charge in [0, 0.05) is 11.1 Å². The van der Waals surface area contributed by atoms with Crippen molar-refractivity contribution in [1.29, 1.82) is 0 Å². The normalized spacial score (nSPS) is 13.0. The Labute approximate surface area is 174 Å². The first-order valence-corrected chi connectivity index (χ1v) is 13.0. The highest BCUT2D eigenvalue weighted by atomic mass is 79.9. The van der Waals surface area contributed by atoms with Gasteiger partial charge in [-0.1, -0.05) is 48.4 Å². The highest BCUT2D eigenvalue weighted by Gasteiger charge is 2.36. The van der Waals surface area contributed by atoms with E-state index < -0.39 is 8.32 Å². The lowest BCUT2D eigenvalue weighted by Crippen LogP contribution is -2.41. The standard InChI is InChI=1S/C21H35BrO4Si/c1-16(10-12-26-27(7,8)21(2,3)4)9-11-25-15-17-13-19(23-5)20(24-6)14-18(17)22/h9,13-14H,10-12,15H2,1-8H3/b16-9-. The van der Waals surface area contributed by atoms with Crippen LogP contribution < -0.4 is 9.47 Å². The zero-order valence-corrected chi connectivity index (χ0v) is 20.7. The van der Waals surface area contributed by atoms with Gasteiger partial charge in [-0.3, -0.25) is 0 Å². The summed E-state index contributed by atoms with van der Waals surface area (Å²) in [6.07, 6.45) is 3.07. The van der Waals surface area contributed by atoms with Crippen LogP contribution in [0.3, 0.4) is 0 Å². The quantitative estimate of drug-likeness (QED) is 0.232. The molecule has 0 fully saturated rings. The summed E-state index contributed by atoms with van der Waals surface area (Å²) in [5, 5.41) is 0.251. The smallest absolute Gasteiger partial charge is 0.191 e. The van der Waals surface area contributed by atoms with Crippen molar-refractivity contribution in [3.05, 3.63) is 33.8 Å². The number of hydrogen-bond donors (Lipinski definition) is 0. The van der Waals surface area contributed by atoms with E-state index in [-0.39, 0.29) is 5.04 Å². The van der Waals surface area contributed by atoms with Crippen LogP contribution in [0.4, 0.5) is 0 Å². The molecule has 4 nitrogen and oxygen atoms in total. The summed E-state index contributed by atoms with van der Waals surface area (Å²) in [6.45, 7) is 15.4. The van der Waals surface area contributed by atoms with Crippen LogP contribution in [-0.4, -0.2) is 35.8 Å². The average Bonchev–Trinajstić information content (AvgIpc) is 2.58. The molecule has 0 aromatic heterocycles. The maximum Gasteiger partial charge on any atom is 0.191 e. The Kier molecular flexibility index (Phi) is 9.55. The summed E-state index contributed by atoms with van der Waals surface area (Å²) in [7, 11) is 1.60. The summed E-state index contributed by atoms with van der Waals surface area (Å²) in [5.74, 6) is 1.40. The minimum absolute atomic E-state index is 0.251. The molecule has 0 aliphatic carbocycles. The van der Waals surface area contributed by atoms with Gasteiger partial charge in [-0.05, 0) is 49.2 Å². The van der Waals surface area contributed by atoms with Gasteiger partial charge in [-0.25, -0.2) is 0 Å². The molecule has 0 bridgehead atoms.